The number of sulfonamides is 2. The first-order chi connectivity index (χ1) is 41.6. The number of ether oxygens (including phenoxy) is 2. The minimum Gasteiger partial charge on any atom is -0.594 e. The number of halogens is 2. The average molecular weight is 1520 g/mol. The number of pyridine rings is 1. The first kappa shape index (κ1) is 93.8. The summed E-state index contributed by atoms with van der Waals surface area (Å²) in [6, 6.07) is 4.17. The molecule has 11 N–H and O–H groups in total. The van der Waals surface area contributed by atoms with Gasteiger partial charge in [0, 0.05) is 156 Å². The second kappa shape index (κ2) is 42.4. The van der Waals surface area contributed by atoms with Crippen molar-refractivity contribution in [2.75, 3.05) is 131 Å². The highest BCUT2D eigenvalue weighted by molar-refractivity contribution is 8.13. The topological polar surface area (TPSA) is 509 Å². The van der Waals surface area contributed by atoms with E-state index < -0.39 is 98.1 Å². The Kier molecular flexibility index (Phi) is 42.8. The van der Waals surface area contributed by atoms with Crippen LogP contribution in [-0.4, -0.2) is 267 Å². The summed E-state index contributed by atoms with van der Waals surface area (Å²) in [5.41, 5.74) is 4.01. The van der Waals surface area contributed by atoms with Crippen LogP contribution in [0.2, 0.25) is 0 Å². The van der Waals surface area contributed by atoms with Crippen LogP contribution in [-0.2, 0) is 83.4 Å². The Bertz CT molecular complexity index is 3150. The van der Waals surface area contributed by atoms with Crippen molar-refractivity contribution in [2.24, 2.45) is 24.8 Å². The van der Waals surface area contributed by atoms with Crippen molar-refractivity contribution in [1.82, 2.24) is 42.8 Å². The molecule has 93 heavy (non-hydrogen) atoms. The van der Waals surface area contributed by atoms with E-state index in [1.807, 2.05) is 33.1 Å². The van der Waals surface area contributed by atoms with Gasteiger partial charge in [-0.15, -0.1) is 8.42 Å². The molecular formula is C48H102Cl2N16O20S7. The maximum absolute atomic E-state index is 11.9. The quantitative estimate of drug-likeness (QED) is 0.0363. The molecule has 1 amide bonds. The molecule has 36 nitrogen and oxygen atoms in total. The van der Waals surface area contributed by atoms with Crippen LogP contribution < -0.4 is 49.5 Å². The standard InChI is InChI=1S/C12H19N3O4S.C6H14N2O2S.C5H10ClNO4S.C5H13N3O2S.C5H12N2.C4H9NO2S.C4H10O.C3H8N2O2S.C3H7N.CClNO3S/c1-12(2,3)19-11(16)13-20(17,18)15-8-6-10(7-9-15)14(4)5;1-7-3-5-8(6-4-7)11(2,9)10;1-5(2,3)11-4(8)7-12(6,9)10;1-7-2-4-8(5-3-7)11(6,9)10;1-7-4-2-6-3-5-7;1-8(6,7)5-4-2-3-4;1-4(2,3)5;4-8(6,7)5-3-1-2-3;4-3-1-2-3;2-7(5,6)3-1-4/h6-9H,1-5H3;3-6H2,1-2H3;1-3H3,(H,7,8);2-5H2,1H3,(H2,6,9,10);6H,2-5H2,1H3;4-5H,2-3H2,1H3;5H,1-3H3;3,5H,1-2H2,(H2,4,6,7);3H,1-2,4H2;. The van der Waals surface area contributed by atoms with Gasteiger partial charge in [-0.2, -0.15) is 47.0 Å². The molecule has 3 saturated heterocycles. The Hall–Kier alpha value is -3.38. The molecule has 3 aliphatic heterocycles. The molecule has 0 aromatic carbocycles. The average Bonchev–Trinajstić information content (AvgIpc) is 1.86. The summed E-state index contributed by atoms with van der Waals surface area (Å²) in [6.07, 6.45) is 10.0. The Morgan fingerprint density at radius 3 is 1.27 bits per heavy atom. The number of carbonyl (C=O) groups is 1. The van der Waals surface area contributed by atoms with E-state index in [9.17, 15) is 68.8 Å². The summed E-state index contributed by atoms with van der Waals surface area (Å²) >= 11 is 0. The highest BCUT2D eigenvalue weighted by Gasteiger charge is 2.27. The van der Waals surface area contributed by atoms with Crippen LogP contribution in [0.1, 0.15) is 101 Å². The maximum Gasteiger partial charge on any atom is 0.493 e. The molecule has 0 bridgehead atoms. The van der Waals surface area contributed by atoms with Gasteiger partial charge in [-0.05, 0) is 101 Å². The number of amides is 1. The molecule has 1 aromatic rings. The van der Waals surface area contributed by atoms with Crippen LogP contribution in [0.25, 0.3) is 0 Å². The minimum atomic E-state index is -4.13. The lowest BCUT2D eigenvalue weighted by molar-refractivity contribution is -0.511. The second-order valence-electron chi connectivity index (χ2n) is 24.3. The van der Waals surface area contributed by atoms with E-state index in [1.54, 1.807) is 74.4 Å². The third kappa shape index (κ3) is 67.0. The van der Waals surface area contributed by atoms with Crippen LogP contribution >= 0.6 is 21.4 Å². The number of nitrogens with zero attached hydrogens (tertiary/aromatic N) is 9. The summed E-state index contributed by atoms with van der Waals surface area (Å²) in [4.78, 5) is 28.1. The van der Waals surface area contributed by atoms with Crippen molar-refractivity contribution in [1.29, 1.82) is 0 Å². The largest absolute Gasteiger partial charge is 0.594 e. The van der Waals surface area contributed by atoms with Crippen LogP contribution in [0.15, 0.2) is 33.3 Å². The van der Waals surface area contributed by atoms with Crippen molar-refractivity contribution >= 4 is 114 Å². The molecule has 4 heterocycles. The number of hydrogen-bond acceptors (Lipinski definition) is 26. The number of rotatable bonds is 11. The highest BCUT2D eigenvalue weighted by atomic mass is 35.7. The van der Waals surface area contributed by atoms with Gasteiger partial charge in [0.25, 0.3) is 26.5 Å². The lowest BCUT2D eigenvalue weighted by Gasteiger charge is -2.30. The summed E-state index contributed by atoms with van der Waals surface area (Å²) in [5.74, 6) is 0. The number of piperazine rings is 3. The van der Waals surface area contributed by atoms with Crippen LogP contribution in [0.5, 0.6) is 0 Å². The van der Waals surface area contributed by atoms with Crippen LogP contribution in [0.4, 0.5) is 10.5 Å². The summed E-state index contributed by atoms with van der Waals surface area (Å²) in [6.45, 7) is 25.2. The molecule has 7 rings (SSSR count). The fraction of sp³-hybridized carbons (Fsp3) is 0.833. The Morgan fingerprint density at radius 2 is 1.04 bits per heavy atom. The number of nitrogens with two attached hydrogens (primary N) is 3. The van der Waals surface area contributed by atoms with Gasteiger partial charge < -0.3 is 50.3 Å². The lowest BCUT2D eigenvalue weighted by Crippen LogP contribution is -2.49. The number of hydrogen-bond donors (Lipinski definition) is 8. The Morgan fingerprint density at radius 1 is 0.677 bits per heavy atom. The van der Waals surface area contributed by atoms with Crippen molar-refractivity contribution in [3.63, 3.8) is 0 Å². The molecule has 6 fully saturated rings. The zero-order valence-corrected chi connectivity index (χ0v) is 63.1. The van der Waals surface area contributed by atoms with Crippen molar-refractivity contribution in [3.8, 4) is 0 Å². The van der Waals surface area contributed by atoms with Gasteiger partial charge in [-0.3, -0.25) is 0 Å². The van der Waals surface area contributed by atoms with Crippen molar-refractivity contribution in [2.45, 2.75) is 136 Å². The Balaban J connectivity index is -0.000000997. The summed E-state index contributed by atoms with van der Waals surface area (Å²) in [7, 11) is -6.01. The van der Waals surface area contributed by atoms with Gasteiger partial charge in [0.15, 0.2) is 18.5 Å². The monoisotopic (exact) mass is 1520 g/mol. The smallest absolute Gasteiger partial charge is 0.493 e. The van der Waals surface area contributed by atoms with E-state index in [1.165, 1.54) is 64.2 Å². The molecule has 550 valence electrons. The van der Waals surface area contributed by atoms with Gasteiger partial charge in [0.2, 0.25) is 20.0 Å². The van der Waals surface area contributed by atoms with E-state index in [0.29, 0.717) is 32.2 Å². The SMILES string of the molecule is CC(C)(C)O.CC(C)(C)OC(=O)NS(=O)(=O)Cl.CN(C)c1cc[n+](S(=O)(=O)N=C([O-])OC(C)(C)C)cc1.CN1CCN(S(C)(=O)=O)CC1.CN1CCN(S(N)(=O)=O)CC1.CN1CCNCC1.CS(=O)(=O)NC1CC1.NC1CC1.NS(=O)(=O)NC1CC1.O=C=NS(=O)(=O)Cl. The molecule has 6 aliphatic rings. The first-order valence-electron chi connectivity index (χ1n) is 28.3. The predicted octanol–water partition coefficient (Wildman–Crippen LogP) is -2.86. The molecule has 3 aliphatic carbocycles. The van der Waals surface area contributed by atoms with E-state index in [-0.39, 0.29) is 12.1 Å². The van der Waals surface area contributed by atoms with Gasteiger partial charge in [0.1, 0.15) is 5.60 Å². The van der Waals surface area contributed by atoms with E-state index >= 15 is 0 Å². The number of likely N-dealkylation sites (N-methyl/N-ethyl adjacent to an activating group) is 3. The van der Waals surface area contributed by atoms with Crippen molar-refractivity contribution < 1.29 is 92.2 Å². The van der Waals surface area contributed by atoms with Crippen molar-refractivity contribution in [3.05, 3.63) is 24.5 Å². The fourth-order valence-corrected chi connectivity index (χ4v) is 10.1. The second-order valence-corrected chi connectivity index (χ2v) is 37.0. The number of nitrogens with one attached hydrogen (secondary N) is 4. The molecular weight excluding hydrogens is 1420 g/mol. The number of aromatic nitrogens is 1. The predicted molar refractivity (Wildman–Crippen MR) is 356 cm³/mol. The molecule has 1 aromatic heterocycles. The summed E-state index contributed by atoms with van der Waals surface area (Å²) in [5, 5.41) is 32.8. The van der Waals surface area contributed by atoms with E-state index in [4.69, 9.17) is 36.2 Å². The van der Waals surface area contributed by atoms with Crippen LogP contribution in [0.3, 0.4) is 0 Å². The maximum atomic E-state index is 11.9. The third-order valence-corrected chi connectivity index (χ3v) is 16.6. The lowest BCUT2D eigenvalue weighted by atomic mass is 10.2. The highest BCUT2D eigenvalue weighted by Crippen LogP contribution is 2.20. The molecule has 45 heteroatoms. The first-order valence-corrected chi connectivity index (χ1v) is 41.0. The van der Waals surface area contributed by atoms with E-state index in [0.717, 1.165) is 80.7 Å². The van der Waals surface area contributed by atoms with Gasteiger partial charge in [-0.1, -0.05) is 33.5 Å². The molecule has 0 unspecified atom stereocenters. The third-order valence-electron chi connectivity index (χ3n) is 10.5. The van der Waals surface area contributed by atoms with Gasteiger partial charge in [-0.25, -0.2) is 46.1 Å². The van der Waals surface area contributed by atoms with Gasteiger partial charge >= 0.3 is 34.8 Å². The molecule has 0 spiro atoms. The molecule has 3 saturated carbocycles. The number of anilines is 1. The zero-order chi connectivity index (χ0) is 73.4. The number of carbonyl (C=O) groups excluding carboxylic acids is 2. The summed E-state index contributed by atoms with van der Waals surface area (Å²) < 4.78 is 173. The number of isocyanates is 1. The number of aliphatic hydroxyl groups is 1. The fourth-order valence-electron chi connectivity index (χ4n) is 5.69. The van der Waals surface area contributed by atoms with E-state index in [2.05, 4.69) is 65.9 Å². The molecule has 0 radical (unpaired) electrons. The normalized spacial score (nSPS) is 18.1. The Labute approximate surface area is 562 Å². The van der Waals surface area contributed by atoms with Gasteiger partial charge in [0.05, 0.1) is 18.1 Å². The zero-order valence-electron chi connectivity index (χ0n) is 55.8. The van der Waals surface area contributed by atoms with Crippen LogP contribution in [0, 0.1) is 0 Å². The molecule has 0 atom stereocenters. The minimum absolute atomic E-state index is 0.130.